The Morgan fingerprint density at radius 2 is 0.571 bits per heavy atom. The van der Waals surface area contributed by atoms with E-state index in [2.05, 4.69) is 86.8 Å². The summed E-state index contributed by atoms with van der Waals surface area (Å²) < 4.78 is 33.3. The first-order chi connectivity index (χ1) is 44.8. The fraction of sp³-hybridized carbons (Fsp3) is 0.827. The second-order valence-electron chi connectivity index (χ2n) is 26.6. The van der Waals surface area contributed by atoms with E-state index in [1.54, 1.807) is 0 Å². The van der Waals surface area contributed by atoms with Gasteiger partial charge in [0.1, 0.15) is 6.61 Å². The maximum absolute atomic E-state index is 12.8. The lowest BCUT2D eigenvalue weighted by atomic mass is 10.0. The maximum Gasteiger partial charge on any atom is 0.472 e. The molecule has 0 aliphatic carbocycles. The van der Waals surface area contributed by atoms with Gasteiger partial charge in [0.15, 0.2) is 6.10 Å². The van der Waals surface area contributed by atoms with Crippen LogP contribution in [0.1, 0.15) is 399 Å². The molecule has 2 atom stereocenters. The molecule has 0 aromatic heterocycles. The first-order valence-electron chi connectivity index (χ1n) is 39.4. The molecule has 91 heavy (non-hydrogen) atoms. The van der Waals surface area contributed by atoms with E-state index < -0.39 is 26.5 Å². The molecule has 3 N–H and O–H groups in total. The van der Waals surface area contributed by atoms with Gasteiger partial charge in [-0.25, -0.2) is 4.57 Å². The molecule has 0 amide bonds. The lowest BCUT2D eigenvalue weighted by Gasteiger charge is -2.19. The number of esters is 2. The van der Waals surface area contributed by atoms with Crippen LogP contribution in [-0.2, 0) is 32.7 Å². The molecule has 0 aromatic carbocycles. The molecule has 0 saturated heterocycles. The van der Waals surface area contributed by atoms with Crippen LogP contribution in [0.15, 0.2) is 72.9 Å². The molecular formula is C81H150NO8P. The minimum atomic E-state index is -4.40. The van der Waals surface area contributed by atoms with E-state index in [1.165, 1.54) is 308 Å². The summed E-state index contributed by atoms with van der Waals surface area (Å²) in [5.74, 6) is -0.810. The predicted molar refractivity (Wildman–Crippen MR) is 395 cm³/mol. The molecule has 0 fully saturated rings. The van der Waals surface area contributed by atoms with Crippen LogP contribution in [0.25, 0.3) is 0 Å². The molecule has 9 nitrogen and oxygen atoms in total. The van der Waals surface area contributed by atoms with E-state index in [1.807, 2.05) is 0 Å². The Kier molecular flexibility index (Phi) is 74.3. The molecule has 0 aliphatic heterocycles. The zero-order valence-electron chi connectivity index (χ0n) is 60.1. The highest BCUT2D eigenvalue weighted by atomic mass is 31.2. The second-order valence-corrected chi connectivity index (χ2v) is 28.0. The van der Waals surface area contributed by atoms with Crippen LogP contribution in [0.3, 0.4) is 0 Å². The number of unbranched alkanes of at least 4 members (excludes halogenated alkanes) is 50. The third-order valence-electron chi connectivity index (χ3n) is 17.6. The highest BCUT2D eigenvalue weighted by Gasteiger charge is 2.26. The second kappa shape index (κ2) is 76.5. The van der Waals surface area contributed by atoms with Crippen molar-refractivity contribution in [2.75, 3.05) is 26.4 Å². The Morgan fingerprint density at radius 3 is 0.846 bits per heavy atom. The van der Waals surface area contributed by atoms with E-state index in [-0.39, 0.29) is 38.6 Å². The minimum absolute atomic E-state index is 0.0539. The summed E-state index contributed by atoms with van der Waals surface area (Å²) in [4.78, 5) is 35.4. The largest absolute Gasteiger partial charge is 0.472 e. The molecule has 0 radical (unpaired) electrons. The molecule has 0 saturated carbocycles. The zero-order valence-corrected chi connectivity index (χ0v) is 61.0. The lowest BCUT2D eigenvalue weighted by Crippen LogP contribution is -2.29. The number of phosphoric acid groups is 1. The quantitative estimate of drug-likeness (QED) is 0.0264. The van der Waals surface area contributed by atoms with Gasteiger partial charge in [-0.2, -0.15) is 0 Å². The zero-order chi connectivity index (χ0) is 65.8. The molecule has 0 rings (SSSR count). The van der Waals surface area contributed by atoms with Crippen molar-refractivity contribution in [2.24, 2.45) is 5.73 Å². The standard InChI is InChI=1S/C81H150NO8P/c1-3-5-7-9-11-13-15-17-19-21-23-25-27-29-31-33-34-35-36-37-38-39-40-41-42-43-44-46-48-50-52-54-56-58-60-62-64-66-68-70-72-74-81(84)90-79(78-89-91(85,86)88-76-75-82)77-87-80(83)73-71-69-67-65-63-61-59-57-55-53-51-49-47-45-32-30-28-26-24-22-20-18-16-14-12-10-8-6-4-2/h15-18,21-24,27-30,79H,3-14,19-20,25-26,31-78,82H2,1-2H3,(H,85,86)/b17-15-,18-16-,23-21-,24-22-,29-27-,30-28-. The number of hydrogen-bond donors (Lipinski definition) is 2. The lowest BCUT2D eigenvalue weighted by molar-refractivity contribution is -0.161. The van der Waals surface area contributed by atoms with Gasteiger partial charge in [-0.1, -0.05) is 369 Å². The molecule has 10 heteroatoms. The van der Waals surface area contributed by atoms with Crippen molar-refractivity contribution in [1.82, 2.24) is 0 Å². The molecule has 0 spiro atoms. The Labute approximate surface area is 564 Å². The Bertz CT molecular complexity index is 1720. The number of ether oxygens (including phenoxy) is 2. The molecule has 0 bridgehead atoms. The van der Waals surface area contributed by atoms with Crippen molar-refractivity contribution in [1.29, 1.82) is 0 Å². The number of phosphoric ester groups is 1. The van der Waals surface area contributed by atoms with Gasteiger partial charge in [0.25, 0.3) is 0 Å². The fourth-order valence-electron chi connectivity index (χ4n) is 11.7. The monoisotopic (exact) mass is 1300 g/mol. The number of nitrogens with two attached hydrogens (primary N) is 1. The summed E-state index contributed by atoms with van der Waals surface area (Å²) in [7, 11) is -4.40. The Hall–Kier alpha value is -2.55. The average molecular weight is 1300 g/mol. The summed E-state index contributed by atoms with van der Waals surface area (Å²) in [6, 6.07) is 0. The van der Waals surface area contributed by atoms with Crippen LogP contribution in [0.4, 0.5) is 0 Å². The topological polar surface area (TPSA) is 134 Å². The first-order valence-corrected chi connectivity index (χ1v) is 40.9. The SMILES string of the molecule is CCCCCCC/C=C\C/C=C\C/C=C\CCCCCCCCCCCCCCCCCCCCCCCCCCCCC(=O)OC(COC(=O)CCCCCCCCCCCCCCCC/C=C\C/C=C\C/C=C\CCCCCCC)COP(=O)(O)OCCN. The maximum atomic E-state index is 12.8. The van der Waals surface area contributed by atoms with Gasteiger partial charge >= 0.3 is 19.8 Å². The van der Waals surface area contributed by atoms with Crippen LogP contribution in [0.2, 0.25) is 0 Å². The van der Waals surface area contributed by atoms with Gasteiger partial charge in [-0.3, -0.25) is 18.6 Å². The number of carbonyl (C=O) groups is 2. The van der Waals surface area contributed by atoms with E-state index in [0.717, 1.165) is 57.8 Å². The van der Waals surface area contributed by atoms with Crippen molar-refractivity contribution in [2.45, 2.75) is 405 Å². The van der Waals surface area contributed by atoms with Crippen molar-refractivity contribution in [3.63, 3.8) is 0 Å². The smallest absolute Gasteiger partial charge is 0.462 e. The first kappa shape index (κ1) is 88.5. The Morgan fingerprint density at radius 1 is 0.330 bits per heavy atom. The van der Waals surface area contributed by atoms with Crippen LogP contribution in [-0.4, -0.2) is 49.3 Å². The van der Waals surface area contributed by atoms with E-state index in [0.29, 0.717) is 6.42 Å². The fourth-order valence-corrected chi connectivity index (χ4v) is 12.5. The number of carbonyl (C=O) groups excluding carboxylic acids is 2. The van der Waals surface area contributed by atoms with Crippen molar-refractivity contribution >= 4 is 19.8 Å². The number of hydrogen-bond acceptors (Lipinski definition) is 8. The van der Waals surface area contributed by atoms with Gasteiger partial charge in [-0.15, -0.1) is 0 Å². The van der Waals surface area contributed by atoms with Gasteiger partial charge < -0.3 is 20.1 Å². The van der Waals surface area contributed by atoms with Gasteiger partial charge in [0.2, 0.25) is 0 Å². The Balaban J connectivity index is 3.77. The third kappa shape index (κ3) is 76.4. The third-order valence-corrected chi connectivity index (χ3v) is 18.5. The van der Waals surface area contributed by atoms with Crippen LogP contribution in [0.5, 0.6) is 0 Å². The molecule has 0 aromatic rings. The summed E-state index contributed by atoms with van der Waals surface area (Å²) in [5.41, 5.74) is 5.41. The van der Waals surface area contributed by atoms with E-state index in [9.17, 15) is 19.0 Å². The highest BCUT2D eigenvalue weighted by molar-refractivity contribution is 7.47. The molecule has 0 heterocycles. The van der Waals surface area contributed by atoms with Gasteiger partial charge in [-0.05, 0) is 89.9 Å². The summed E-state index contributed by atoms with van der Waals surface area (Å²) in [6.07, 6.45) is 102. The summed E-state index contributed by atoms with van der Waals surface area (Å²) >= 11 is 0. The molecule has 532 valence electrons. The van der Waals surface area contributed by atoms with E-state index in [4.69, 9.17) is 24.3 Å². The van der Waals surface area contributed by atoms with Crippen molar-refractivity contribution < 1.29 is 37.6 Å². The van der Waals surface area contributed by atoms with Crippen molar-refractivity contribution in [3.05, 3.63) is 72.9 Å². The van der Waals surface area contributed by atoms with Crippen molar-refractivity contribution in [3.8, 4) is 0 Å². The molecule has 2 unspecified atom stereocenters. The number of rotatable bonds is 75. The minimum Gasteiger partial charge on any atom is -0.462 e. The van der Waals surface area contributed by atoms with E-state index >= 15 is 0 Å². The van der Waals surface area contributed by atoms with Gasteiger partial charge in [0, 0.05) is 19.4 Å². The molecular weight excluding hydrogens is 1150 g/mol. The predicted octanol–water partition coefficient (Wildman–Crippen LogP) is 26.3. The van der Waals surface area contributed by atoms with Crippen LogP contribution < -0.4 is 5.73 Å². The van der Waals surface area contributed by atoms with Crippen LogP contribution >= 0.6 is 7.82 Å². The summed E-state index contributed by atoms with van der Waals surface area (Å²) in [6.45, 7) is 3.78. The molecule has 0 aliphatic rings. The van der Waals surface area contributed by atoms with Crippen LogP contribution in [0, 0.1) is 0 Å². The average Bonchev–Trinajstić information content (AvgIpc) is 3.74. The number of allylic oxidation sites excluding steroid dienone is 12. The van der Waals surface area contributed by atoms with Gasteiger partial charge in [0.05, 0.1) is 13.2 Å². The normalized spacial score (nSPS) is 13.2. The summed E-state index contributed by atoms with van der Waals surface area (Å²) in [5, 5.41) is 0. The highest BCUT2D eigenvalue weighted by Crippen LogP contribution is 2.43.